The summed E-state index contributed by atoms with van der Waals surface area (Å²) in [7, 11) is 0. The second-order valence-electron chi connectivity index (χ2n) is 4.79. The number of amides is 3. The van der Waals surface area contributed by atoms with E-state index in [2.05, 4.69) is 10.6 Å². The molecule has 0 aliphatic rings. The molecule has 20 heavy (non-hydrogen) atoms. The van der Waals surface area contributed by atoms with Crippen LogP contribution in [-0.4, -0.2) is 25.1 Å². The minimum atomic E-state index is -0.509. The minimum absolute atomic E-state index is 0.211. The Hall–Kier alpha value is -2.08. The predicted octanol–water partition coefficient (Wildman–Crippen LogP) is 1.01. The van der Waals surface area contributed by atoms with Crippen LogP contribution < -0.4 is 21.1 Å². The van der Waals surface area contributed by atoms with E-state index in [9.17, 15) is 9.59 Å². The van der Waals surface area contributed by atoms with Crippen molar-refractivity contribution in [1.29, 1.82) is 0 Å². The van der Waals surface area contributed by atoms with Crippen molar-refractivity contribution < 1.29 is 14.3 Å². The van der Waals surface area contributed by atoms with Gasteiger partial charge in [0.2, 0.25) is 0 Å². The second-order valence-corrected chi connectivity index (χ2v) is 4.79. The summed E-state index contributed by atoms with van der Waals surface area (Å²) in [6, 6.07) is 6.60. The molecular formula is C14H21N3O3. The molecule has 0 aliphatic carbocycles. The first-order chi connectivity index (χ1) is 9.51. The molecule has 0 radical (unpaired) electrons. The van der Waals surface area contributed by atoms with Gasteiger partial charge < -0.3 is 15.8 Å². The lowest BCUT2D eigenvalue weighted by atomic mass is 10.2. The van der Waals surface area contributed by atoms with E-state index in [0.717, 1.165) is 5.56 Å². The normalized spacial score (nSPS) is 10.2. The zero-order valence-corrected chi connectivity index (χ0v) is 11.8. The first-order valence-corrected chi connectivity index (χ1v) is 6.50. The van der Waals surface area contributed by atoms with Crippen LogP contribution in [-0.2, 0) is 11.3 Å². The van der Waals surface area contributed by atoms with Crippen molar-refractivity contribution in [3.8, 4) is 5.75 Å². The summed E-state index contributed by atoms with van der Waals surface area (Å²) in [6.45, 7) is 4.70. The summed E-state index contributed by atoms with van der Waals surface area (Å²) < 4.78 is 5.26. The Morgan fingerprint density at radius 3 is 2.45 bits per heavy atom. The average molecular weight is 279 g/mol. The Morgan fingerprint density at radius 1 is 1.25 bits per heavy atom. The molecule has 1 aromatic carbocycles. The first-order valence-electron chi connectivity index (χ1n) is 6.50. The summed E-state index contributed by atoms with van der Waals surface area (Å²) >= 11 is 0. The summed E-state index contributed by atoms with van der Waals surface area (Å²) in [5.41, 5.74) is 6.46. The molecule has 0 aromatic heterocycles. The third-order valence-electron chi connectivity index (χ3n) is 2.45. The molecular weight excluding hydrogens is 258 g/mol. The van der Waals surface area contributed by atoms with Crippen molar-refractivity contribution in [2.24, 2.45) is 11.7 Å². The van der Waals surface area contributed by atoms with Crippen molar-refractivity contribution in [2.45, 2.75) is 20.4 Å². The fourth-order valence-corrected chi connectivity index (χ4v) is 1.37. The fraction of sp³-hybridized carbons (Fsp3) is 0.429. The Kier molecular flexibility index (Phi) is 6.52. The lowest BCUT2D eigenvalue weighted by Crippen LogP contribution is -2.42. The number of benzene rings is 1. The van der Waals surface area contributed by atoms with Crippen LogP contribution in [0.4, 0.5) is 4.79 Å². The molecule has 4 N–H and O–H groups in total. The number of imide groups is 1. The molecule has 1 aromatic rings. The highest BCUT2D eigenvalue weighted by Gasteiger charge is 2.08. The minimum Gasteiger partial charge on any atom is -0.484 e. The van der Waals surface area contributed by atoms with Gasteiger partial charge in [-0.25, -0.2) is 4.79 Å². The lowest BCUT2D eigenvalue weighted by molar-refractivity contribution is -0.122. The van der Waals surface area contributed by atoms with Crippen LogP contribution in [0.2, 0.25) is 0 Å². The quantitative estimate of drug-likeness (QED) is 0.724. The predicted molar refractivity (Wildman–Crippen MR) is 76.2 cm³/mol. The van der Waals surface area contributed by atoms with E-state index in [1.165, 1.54) is 0 Å². The number of hydrogen-bond acceptors (Lipinski definition) is 4. The van der Waals surface area contributed by atoms with Crippen LogP contribution in [0.3, 0.4) is 0 Å². The average Bonchev–Trinajstić information content (AvgIpc) is 2.43. The smallest absolute Gasteiger partial charge is 0.321 e. The Morgan fingerprint density at radius 2 is 1.90 bits per heavy atom. The van der Waals surface area contributed by atoms with Crippen molar-refractivity contribution in [3.05, 3.63) is 29.8 Å². The molecule has 0 aliphatic heterocycles. The molecule has 0 saturated carbocycles. The standard InChI is InChI=1S/C14H21N3O3/c1-10(2)8-16-14(19)17-13(18)9-20-12-5-3-11(7-15)4-6-12/h3-6,10H,7-9,15H2,1-2H3,(H2,16,17,18,19). The molecule has 3 amide bonds. The highest BCUT2D eigenvalue weighted by atomic mass is 16.5. The van der Waals surface area contributed by atoms with Crippen LogP contribution in [0, 0.1) is 5.92 Å². The van der Waals surface area contributed by atoms with Gasteiger partial charge in [-0.05, 0) is 23.6 Å². The van der Waals surface area contributed by atoms with E-state index in [0.29, 0.717) is 24.8 Å². The number of rotatable bonds is 6. The maximum Gasteiger partial charge on any atom is 0.321 e. The van der Waals surface area contributed by atoms with Gasteiger partial charge in [-0.1, -0.05) is 26.0 Å². The molecule has 0 atom stereocenters. The highest BCUT2D eigenvalue weighted by molar-refractivity contribution is 5.94. The van der Waals surface area contributed by atoms with Crippen LogP contribution in [0.5, 0.6) is 5.75 Å². The van der Waals surface area contributed by atoms with Crippen molar-refractivity contribution in [2.75, 3.05) is 13.2 Å². The number of hydrogen-bond donors (Lipinski definition) is 3. The number of nitrogens with two attached hydrogens (primary N) is 1. The van der Waals surface area contributed by atoms with E-state index in [1.807, 2.05) is 26.0 Å². The number of carbonyl (C=O) groups excluding carboxylic acids is 2. The monoisotopic (exact) mass is 279 g/mol. The van der Waals surface area contributed by atoms with Gasteiger partial charge in [-0.15, -0.1) is 0 Å². The van der Waals surface area contributed by atoms with Crippen LogP contribution >= 0.6 is 0 Å². The Labute approximate surface area is 118 Å². The largest absolute Gasteiger partial charge is 0.484 e. The van der Waals surface area contributed by atoms with E-state index < -0.39 is 11.9 Å². The van der Waals surface area contributed by atoms with Gasteiger partial charge in [0.15, 0.2) is 6.61 Å². The Bertz CT molecular complexity index is 443. The number of carbonyl (C=O) groups is 2. The van der Waals surface area contributed by atoms with Gasteiger partial charge in [0.1, 0.15) is 5.75 Å². The lowest BCUT2D eigenvalue weighted by Gasteiger charge is -2.09. The van der Waals surface area contributed by atoms with Gasteiger partial charge in [-0.3, -0.25) is 10.1 Å². The summed E-state index contributed by atoms with van der Waals surface area (Å²) in [4.78, 5) is 22.8. The molecule has 0 saturated heterocycles. The van der Waals surface area contributed by atoms with Crippen LogP contribution in [0.25, 0.3) is 0 Å². The fourth-order valence-electron chi connectivity index (χ4n) is 1.37. The van der Waals surface area contributed by atoms with E-state index in [1.54, 1.807) is 12.1 Å². The van der Waals surface area contributed by atoms with Gasteiger partial charge in [0.05, 0.1) is 0 Å². The van der Waals surface area contributed by atoms with E-state index in [4.69, 9.17) is 10.5 Å². The van der Waals surface area contributed by atoms with Gasteiger partial charge in [-0.2, -0.15) is 0 Å². The molecule has 0 heterocycles. The molecule has 6 heteroatoms. The number of urea groups is 1. The molecule has 0 spiro atoms. The number of nitrogens with one attached hydrogen (secondary N) is 2. The summed E-state index contributed by atoms with van der Waals surface area (Å²) in [6.07, 6.45) is 0. The SMILES string of the molecule is CC(C)CNC(=O)NC(=O)COc1ccc(CN)cc1. The number of ether oxygens (including phenoxy) is 1. The molecule has 6 nitrogen and oxygen atoms in total. The summed E-state index contributed by atoms with van der Waals surface area (Å²) in [5.74, 6) is 0.391. The third kappa shape index (κ3) is 6.19. The van der Waals surface area contributed by atoms with Crippen molar-refractivity contribution in [1.82, 2.24) is 10.6 Å². The maximum atomic E-state index is 11.5. The van der Waals surface area contributed by atoms with E-state index in [-0.39, 0.29) is 6.61 Å². The molecule has 0 fully saturated rings. The Balaban J connectivity index is 2.30. The van der Waals surface area contributed by atoms with Crippen molar-refractivity contribution >= 4 is 11.9 Å². The van der Waals surface area contributed by atoms with Gasteiger partial charge in [0.25, 0.3) is 5.91 Å². The second kappa shape index (κ2) is 8.16. The van der Waals surface area contributed by atoms with Gasteiger partial charge >= 0.3 is 6.03 Å². The molecule has 0 unspecified atom stereocenters. The van der Waals surface area contributed by atoms with E-state index >= 15 is 0 Å². The topological polar surface area (TPSA) is 93.5 Å². The zero-order valence-electron chi connectivity index (χ0n) is 11.8. The summed E-state index contributed by atoms with van der Waals surface area (Å²) in [5, 5.41) is 4.78. The van der Waals surface area contributed by atoms with Crippen LogP contribution in [0.1, 0.15) is 19.4 Å². The third-order valence-corrected chi connectivity index (χ3v) is 2.45. The molecule has 1 rings (SSSR count). The molecule has 0 bridgehead atoms. The highest BCUT2D eigenvalue weighted by Crippen LogP contribution is 2.11. The van der Waals surface area contributed by atoms with Gasteiger partial charge in [0, 0.05) is 13.1 Å². The zero-order chi connectivity index (χ0) is 15.0. The molecule has 110 valence electrons. The maximum absolute atomic E-state index is 11.5. The van der Waals surface area contributed by atoms with Crippen LogP contribution in [0.15, 0.2) is 24.3 Å². The first kappa shape index (κ1) is 16.0. The van der Waals surface area contributed by atoms with Crippen molar-refractivity contribution in [3.63, 3.8) is 0 Å².